The number of nitrogens with one attached hydrogen (secondary N) is 2. The van der Waals surface area contributed by atoms with E-state index in [1.807, 2.05) is 36.1 Å². The van der Waals surface area contributed by atoms with E-state index in [-0.39, 0.29) is 11.8 Å². The van der Waals surface area contributed by atoms with Crippen LogP contribution in [0.5, 0.6) is 5.75 Å². The Kier molecular flexibility index (Phi) is 6.58. The third-order valence-electron chi connectivity index (χ3n) is 4.38. The number of benzene rings is 1. The van der Waals surface area contributed by atoms with Crippen molar-refractivity contribution in [2.45, 2.75) is 12.5 Å². The molecule has 0 fully saturated rings. The van der Waals surface area contributed by atoms with Gasteiger partial charge in [-0.2, -0.15) is 11.8 Å². The quantitative estimate of drug-likeness (QED) is 0.587. The van der Waals surface area contributed by atoms with Gasteiger partial charge in [-0.25, -0.2) is 4.98 Å². The van der Waals surface area contributed by atoms with Crippen molar-refractivity contribution in [1.82, 2.24) is 14.9 Å². The van der Waals surface area contributed by atoms with Crippen molar-refractivity contribution in [2.75, 3.05) is 24.4 Å². The molecule has 0 aliphatic carbocycles. The van der Waals surface area contributed by atoms with Gasteiger partial charge in [0.2, 0.25) is 5.91 Å². The van der Waals surface area contributed by atoms with Gasteiger partial charge in [0, 0.05) is 29.5 Å². The minimum Gasteiger partial charge on any atom is -0.497 e. The summed E-state index contributed by atoms with van der Waals surface area (Å²) in [5.41, 5.74) is 1.40. The van der Waals surface area contributed by atoms with Crippen LogP contribution in [-0.4, -0.2) is 46.5 Å². The van der Waals surface area contributed by atoms with E-state index >= 15 is 0 Å². The largest absolute Gasteiger partial charge is 0.497 e. The predicted octanol–water partition coefficient (Wildman–Crippen LogP) is 3.13. The maximum atomic E-state index is 12.9. The minimum atomic E-state index is -0.642. The van der Waals surface area contributed by atoms with Gasteiger partial charge >= 0.3 is 0 Å². The summed E-state index contributed by atoms with van der Waals surface area (Å²) in [5, 5.41) is 8.84. The molecule has 0 aliphatic rings. The average Bonchev–Trinajstić information content (AvgIpc) is 3.32. The molecule has 0 saturated heterocycles. The van der Waals surface area contributed by atoms with E-state index < -0.39 is 6.04 Å². The minimum absolute atomic E-state index is 0.266. The molecule has 2 N–H and O–H groups in total. The number of nitrogens with zero attached hydrogens (tertiary/aromatic N) is 2. The summed E-state index contributed by atoms with van der Waals surface area (Å²) in [5.74, 6) is 0.921. The zero-order valence-electron chi connectivity index (χ0n) is 15.9. The second kappa shape index (κ2) is 9.11. The number of ether oxygens (including phenoxy) is 1. The van der Waals surface area contributed by atoms with E-state index in [1.54, 1.807) is 36.5 Å². The van der Waals surface area contributed by atoms with Crippen molar-refractivity contribution in [1.29, 1.82) is 0 Å². The predicted molar refractivity (Wildman–Crippen MR) is 114 cm³/mol. The van der Waals surface area contributed by atoms with Crippen molar-refractivity contribution >= 4 is 50.9 Å². The topological polar surface area (TPSA) is 85.2 Å². The summed E-state index contributed by atoms with van der Waals surface area (Å²) in [6, 6.07) is 6.80. The van der Waals surface area contributed by atoms with E-state index in [0.29, 0.717) is 17.2 Å². The lowest BCUT2D eigenvalue weighted by atomic mass is 10.2. The molecule has 2 heterocycles. The zero-order chi connectivity index (χ0) is 20.1. The molecule has 148 valence electrons. The van der Waals surface area contributed by atoms with Crippen LogP contribution in [0, 0.1) is 0 Å². The van der Waals surface area contributed by atoms with Gasteiger partial charge in [0.1, 0.15) is 17.5 Å². The van der Waals surface area contributed by atoms with Crippen molar-refractivity contribution in [3.05, 3.63) is 41.5 Å². The highest BCUT2D eigenvalue weighted by Crippen LogP contribution is 2.24. The Hall–Kier alpha value is -2.52. The molecule has 0 spiro atoms. The van der Waals surface area contributed by atoms with Crippen LogP contribution in [0.15, 0.2) is 35.8 Å². The van der Waals surface area contributed by atoms with Crippen LogP contribution < -0.4 is 15.4 Å². The Morgan fingerprint density at radius 1 is 1.36 bits per heavy atom. The number of hydrogen-bond acceptors (Lipinski definition) is 6. The summed E-state index contributed by atoms with van der Waals surface area (Å²) >= 11 is 2.97. The van der Waals surface area contributed by atoms with Gasteiger partial charge in [-0.05, 0) is 42.7 Å². The van der Waals surface area contributed by atoms with Gasteiger partial charge in [-0.3, -0.25) is 9.59 Å². The van der Waals surface area contributed by atoms with Gasteiger partial charge in [-0.15, -0.1) is 11.3 Å². The monoisotopic (exact) mass is 418 g/mol. The Balaban J connectivity index is 1.79. The van der Waals surface area contributed by atoms with Gasteiger partial charge < -0.3 is 19.9 Å². The lowest BCUT2D eigenvalue weighted by Crippen LogP contribution is -2.44. The first-order valence-electron chi connectivity index (χ1n) is 8.67. The van der Waals surface area contributed by atoms with E-state index in [1.165, 1.54) is 11.3 Å². The molecule has 9 heteroatoms. The van der Waals surface area contributed by atoms with Crippen LogP contribution in [0.2, 0.25) is 0 Å². The number of rotatable bonds is 8. The normalized spacial score (nSPS) is 12.0. The fourth-order valence-corrected chi connectivity index (χ4v) is 3.89. The molecule has 1 atom stereocenters. The number of methoxy groups -OCH3 is 1. The third kappa shape index (κ3) is 4.48. The lowest BCUT2D eigenvalue weighted by molar-refractivity contribution is -0.118. The highest BCUT2D eigenvalue weighted by atomic mass is 32.2. The zero-order valence-corrected chi connectivity index (χ0v) is 17.5. The number of hydrogen-bond donors (Lipinski definition) is 2. The SMILES string of the molecule is COc1ccc2c(c1)cc(C(=O)NC(CCSC)C(=O)Nc1nccs1)n2C. The summed E-state index contributed by atoms with van der Waals surface area (Å²) in [6.07, 6.45) is 4.12. The number of thiazole rings is 1. The van der Waals surface area contributed by atoms with Crippen LogP contribution in [0.4, 0.5) is 5.13 Å². The highest BCUT2D eigenvalue weighted by Gasteiger charge is 2.23. The highest BCUT2D eigenvalue weighted by molar-refractivity contribution is 7.98. The fraction of sp³-hybridized carbons (Fsp3) is 0.316. The van der Waals surface area contributed by atoms with Crippen LogP contribution >= 0.6 is 23.1 Å². The van der Waals surface area contributed by atoms with E-state index in [2.05, 4.69) is 15.6 Å². The number of aryl methyl sites for hydroxylation is 1. The maximum Gasteiger partial charge on any atom is 0.268 e. The number of amides is 2. The number of anilines is 1. The number of carbonyl (C=O) groups excluding carboxylic acids is 2. The van der Waals surface area contributed by atoms with Gasteiger partial charge in [-0.1, -0.05) is 0 Å². The van der Waals surface area contributed by atoms with Crippen LogP contribution in [0.1, 0.15) is 16.9 Å². The van der Waals surface area contributed by atoms with Gasteiger partial charge in [0.25, 0.3) is 5.91 Å². The van der Waals surface area contributed by atoms with E-state index in [4.69, 9.17) is 4.74 Å². The first-order valence-corrected chi connectivity index (χ1v) is 10.9. The summed E-state index contributed by atoms with van der Waals surface area (Å²) in [7, 11) is 3.44. The molecule has 1 unspecified atom stereocenters. The molecule has 2 aromatic heterocycles. The molecule has 0 bridgehead atoms. The average molecular weight is 419 g/mol. The van der Waals surface area contributed by atoms with Crippen LogP contribution in [0.3, 0.4) is 0 Å². The van der Waals surface area contributed by atoms with Crippen molar-refractivity contribution in [3.8, 4) is 5.75 Å². The first kappa shape index (κ1) is 20.2. The maximum absolute atomic E-state index is 12.9. The van der Waals surface area contributed by atoms with E-state index in [0.717, 1.165) is 22.4 Å². The molecule has 28 heavy (non-hydrogen) atoms. The second-order valence-corrected chi connectivity index (χ2v) is 8.03. The molecule has 0 saturated carbocycles. The molecule has 1 aromatic carbocycles. The molecular weight excluding hydrogens is 396 g/mol. The van der Waals surface area contributed by atoms with Crippen molar-refractivity contribution in [3.63, 3.8) is 0 Å². The molecule has 3 aromatic rings. The lowest BCUT2D eigenvalue weighted by Gasteiger charge is -2.17. The van der Waals surface area contributed by atoms with Crippen molar-refractivity contribution < 1.29 is 14.3 Å². The Morgan fingerprint density at radius 3 is 2.86 bits per heavy atom. The Morgan fingerprint density at radius 2 is 2.18 bits per heavy atom. The van der Waals surface area contributed by atoms with E-state index in [9.17, 15) is 9.59 Å². The molecule has 2 amide bonds. The first-order chi connectivity index (χ1) is 13.5. The molecule has 3 rings (SSSR count). The van der Waals surface area contributed by atoms with Gasteiger partial charge in [0.15, 0.2) is 5.13 Å². The molecule has 0 radical (unpaired) electrons. The number of fused-ring (bicyclic) bond motifs is 1. The Labute approximate surface area is 171 Å². The standard InChI is InChI=1S/C19H22N4O3S2/c1-23-15-5-4-13(26-2)10-12(15)11-16(23)18(25)21-14(6-8-27-3)17(24)22-19-20-7-9-28-19/h4-5,7,9-11,14H,6,8H2,1-3H3,(H,21,25)(H,20,22,24). The summed E-state index contributed by atoms with van der Waals surface area (Å²) in [6.45, 7) is 0. The number of thioether (sulfide) groups is 1. The Bertz CT molecular complexity index is 969. The molecule has 7 nitrogen and oxygen atoms in total. The molecule has 0 aliphatic heterocycles. The number of aromatic nitrogens is 2. The second-order valence-electron chi connectivity index (χ2n) is 6.15. The number of carbonyl (C=O) groups is 2. The summed E-state index contributed by atoms with van der Waals surface area (Å²) < 4.78 is 7.07. The fourth-order valence-electron chi connectivity index (χ4n) is 2.89. The van der Waals surface area contributed by atoms with Crippen LogP contribution in [0.25, 0.3) is 10.9 Å². The summed E-state index contributed by atoms with van der Waals surface area (Å²) in [4.78, 5) is 29.6. The third-order valence-corrected chi connectivity index (χ3v) is 5.71. The molecular formula is C19H22N4O3S2. The smallest absolute Gasteiger partial charge is 0.268 e. The van der Waals surface area contributed by atoms with Crippen LogP contribution in [-0.2, 0) is 11.8 Å². The van der Waals surface area contributed by atoms with Gasteiger partial charge in [0.05, 0.1) is 7.11 Å². The van der Waals surface area contributed by atoms with Crippen molar-refractivity contribution in [2.24, 2.45) is 7.05 Å².